The first kappa shape index (κ1) is 40.4. The van der Waals surface area contributed by atoms with E-state index in [4.69, 9.17) is 4.74 Å². The van der Waals surface area contributed by atoms with Gasteiger partial charge in [-0.15, -0.1) is 0 Å². The molecule has 306 valence electrons. The van der Waals surface area contributed by atoms with E-state index in [0.717, 1.165) is 47.5 Å². The van der Waals surface area contributed by atoms with Crippen LogP contribution in [0.3, 0.4) is 0 Å². The Balaban J connectivity index is 0.971. The molecule has 7 rings (SSSR count). The summed E-state index contributed by atoms with van der Waals surface area (Å²) < 4.78 is 20.3. The van der Waals surface area contributed by atoms with Crippen LogP contribution in [0.15, 0.2) is 60.9 Å². The number of H-pyrrole nitrogens is 1. The molecule has 2 aromatic carbocycles. The summed E-state index contributed by atoms with van der Waals surface area (Å²) in [6.45, 7) is 14.5. The minimum absolute atomic E-state index is 0.0745. The summed E-state index contributed by atoms with van der Waals surface area (Å²) in [5, 5.41) is 5.39. The number of hydrogen-bond acceptors (Lipinski definition) is 8. The van der Waals surface area contributed by atoms with E-state index in [2.05, 4.69) is 51.3 Å². The standard InChI is InChI=1S/C44H53FN8O5/c1-25(2)38(50-43(57)58-7)42(56)53-16-8-9-36(53)39-47-23-35(48-39)29-12-10-28(11-13-29)31-20-33(45)34(19-26(31)3)49-40(54)30-14-15-37(46-22-30)52-18-17-51(24-27(52)4)41(55)32-21-44(32,5)6/h10-15,19-20,22-23,25,27,32,36,38H,8-9,16-18,21,24H2,1-7H3,(H,47,48)(H,49,54)(H,50,57)/t27-,32-,36+,38+/m1/s1. The molecule has 2 aliphatic heterocycles. The highest BCUT2D eigenvalue weighted by Gasteiger charge is 2.52. The van der Waals surface area contributed by atoms with Crippen molar-refractivity contribution in [3.63, 3.8) is 0 Å². The number of carbonyl (C=O) groups is 4. The molecule has 3 aliphatic rings. The van der Waals surface area contributed by atoms with Gasteiger partial charge in [-0.2, -0.15) is 0 Å². The number of likely N-dealkylation sites (tertiary alicyclic amines) is 1. The molecule has 0 radical (unpaired) electrons. The number of alkyl carbamates (subject to hydrolysis) is 1. The molecular weight excluding hydrogens is 740 g/mol. The topological polar surface area (TPSA) is 153 Å². The Hall–Kier alpha value is -5.79. The van der Waals surface area contributed by atoms with Crippen LogP contribution in [-0.2, 0) is 14.3 Å². The largest absolute Gasteiger partial charge is 0.453 e. The molecule has 14 heteroatoms. The van der Waals surface area contributed by atoms with E-state index in [1.54, 1.807) is 29.3 Å². The number of methoxy groups -OCH3 is 1. The monoisotopic (exact) mass is 792 g/mol. The Morgan fingerprint density at radius 3 is 2.34 bits per heavy atom. The van der Waals surface area contributed by atoms with Crippen LogP contribution < -0.4 is 15.5 Å². The fraction of sp³-hybridized carbons (Fsp3) is 0.455. The Labute approximate surface area is 338 Å². The minimum Gasteiger partial charge on any atom is -0.453 e. The molecule has 2 saturated heterocycles. The number of imidazole rings is 1. The van der Waals surface area contributed by atoms with Crippen LogP contribution >= 0.6 is 0 Å². The highest BCUT2D eigenvalue weighted by molar-refractivity contribution is 6.04. The number of pyridine rings is 1. The lowest BCUT2D eigenvalue weighted by Gasteiger charge is -2.40. The number of rotatable bonds is 10. The van der Waals surface area contributed by atoms with Gasteiger partial charge in [0.25, 0.3) is 5.91 Å². The number of hydrogen-bond donors (Lipinski definition) is 3. The van der Waals surface area contributed by atoms with Gasteiger partial charge >= 0.3 is 6.09 Å². The van der Waals surface area contributed by atoms with E-state index in [0.29, 0.717) is 43.1 Å². The Bertz CT molecular complexity index is 2190. The minimum atomic E-state index is -0.718. The van der Waals surface area contributed by atoms with Crippen molar-refractivity contribution in [1.82, 2.24) is 30.1 Å². The van der Waals surface area contributed by atoms with Gasteiger partial charge in [0.2, 0.25) is 11.8 Å². The number of halogens is 1. The summed E-state index contributed by atoms with van der Waals surface area (Å²) >= 11 is 0. The first-order chi connectivity index (χ1) is 27.6. The number of nitrogens with zero attached hydrogens (tertiary/aromatic N) is 5. The average Bonchev–Trinajstić information content (AvgIpc) is 3.55. The Morgan fingerprint density at radius 1 is 0.983 bits per heavy atom. The number of aromatic nitrogens is 3. The van der Waals surface area contributed by atoms with Gasteiger partial charge in [-0.3, -0.25) is 14.4 Å². The summed E-state index contributed by atoms with van der Waals surface area (Å²) in [6, 6.07) is 13.3. The number of ether oxygens (including phenoxy) is 1. The highest BCUT2D eigenvalue weighted by atomic mass is 19.1. The fourth-order valence-electron chi connectivity index (χ4n) is 8.26. The molecule has 2 aromatic heterocycles. The van der Waals surface area contributed by atoms with E-state index in [1.165, 1.54) is 19.4 Å². The van der Waals surface area contributed by atoms with Crippen LogP contribution in [0.25, 0.3) is 22.4 Å². The van der Waals surface area contributed by atoms with Crippen molar-refractivity contribution < 1.29 is 28.3 Å². The van der Waals surface area contributed by atoms with Crippen LogP contribution in [0.5, 0.6) is 0 Å². The zero-order valence-electron chi connectivity index (χ0n) is 34.3. The molecule has 3 N–H and O–H groups in total. The third-order valence-electron chi connectivity index (χ3n) is 12.0. The van der Waals surface area contributed by atoms with Gasteiger partial charge in [-0.05, 0) is 91.0 Å². The molecule has 1 aliphatic carbocycles. The van der Waals surface area contributed by atoms with Gasteiger partial charge in [0, 0.05) is 44.3 Å². The number of nitrogens with one attached hydrogen (secondary N) is 3. The van der Waals surface area contributed by atoms with Gasteiger partial charge in [-0.1, -0.05) is 52.0 Å². The molecule has 4 amide bonds. The highest BCUT2D eigenvalue weighted by Crippen LogP contribution is 2.52. The van der Waals surface area contributed by atoms with E-state index < -0.39 is 23.9 Å². The number of aryl methyl sites for hydroxylation is 1. The molecule has 1 saturated carbocycles. The summed E-state index contributed by atoms with van der Waals surface area (Å²) in [5.74, 6) is 0.418. The molecule has 0 unspecified atom stereocenters. The summed E-state index contributed by atoms with van der Waals surface area (Å²) in [6.07, 6.45) is 5.09. The number of carbonyl (C=O) groups excluding carboxylic acids is 4. The predicted molar refractivity (Wildman–Crippen MR) is 219 cm³/mol. The zero-order chi connectivity index (χ0) is 41.5. The van der Waals surface area contributed by atoms with Gasteiger partial charge in [-0.25, -0.2) is 19.2 Å². The third kappa shape index (κ3) is 8.28. The SMILES string of the molecule is COC(=O)N[C@H](C(=O)N1CCC[C@H]1c1ncc(-c2ccc(-c3cc(F)c(NC(=O)c4ccc(N5CCN(C(=O)[C@H]6CC6(C)C)C[C@H]5C)nc4)cc3C)cc2)[nH]1)C(C)C. The van der Waals surface area contributed by atoms with Crippen molar-refractivity contribution in [2.45, 2.75) is 78.9 Å². The molecular formula is C44H53FN8O5. The second kappa shape index (κ2) is 16.2. The van der Waals surface area contributed by atoms with Gasteiger partial charge in [0.05, 0.1) is 36.3 Å². The van der Waals surface area contributed by atoms with E-state index in [-0.39, 0.29) is 46.8 Å². The van der Waals surface area contributed by atoms with E-state index in [1.807, 2.05) is 49.9 Å². The average molecular weight is 793 g/mol. The molecule has 58 heavy (non-hydrogen) atoms. The molecule has 13 nitrogen and oxygen atoms in total. The summed E-state index contributed by atoms with van der Waals surface area (Å²) in [7, 11) is 1.27. The quantitative estimate of drug-likeness (QED) is 0.156. The smallest absolute Gasteiger partial charge is 0.407 e. The molecule has 0 spiro atoms. The first-order valence-corrected chi connectivity index (χ1v) is 20.1. The van der Waals surface area contributed by atoms with E-state index in [9.17, 15) is 19.2 Å². The van der Waals surface area contributed by atoms with Crippen LogP contribution in [0.2, 0.25) is 0 Å². The lowest BCUT2D eigenvalue weighted by Crippen LogP contribution is -2.54. The first-order valence-electron chi connectivity index (χ1n) is 20.1. The van der Waals surface area contributed by atoms with Gasteiger partial charge < -0.3 is 35.1 Å². The Kier molecular flexibility index (Phi) is 11.3. The third-order valence-corrected chi connectivity index (χ3v) is 12.0. The van der Waals surface area contributed by atoms with Crippen LogP contribution in [0.4, 0.5) is 20.7 Å². The van der Waals surface area contributed by atoms with E-state index >= 15 is 4.39 Å². The number of aromatic amines is 1. The molecule has 4 aromatic rings. The summed E-state index contributed by atoms with van der Waals surface area (Å²) in [5.41, 5.74) is 4.40. The van der Waals surface area contributed by atoms with Crippen LogP contribution in [0, 0.1) is 30.0 Å². The molecule has 0 bridgehead atoms. The number of piperazine rings is 1. The normalized spacial score (nSPS) is 20.5. The lowest BCUT2D eigenvalue weighted by molar-refractivity contribution is -0.135. The van der Waals surface area contributed by atoms with Crippen LogP contribution in [-0.4, -0.2) is 93.9 Å². The Morgan fingerprint density at radius 2 is 1.71 bits per heavy atom. The van der Waals surface area contributed by atoms with Crippen molar-refractivity contribution in [2.75, 3.05) is 43.5 Å². The van der Waals surface area contributed by atoms with Gasteiger partial charge in [0.1, 0.15) is 23.5 Å². The number of benzene rings is 2. The molecule has 4 atom stereocenters. The lowest BCUT2D eigenvalue weighted by atomic mass is 9.98. The van der Waals surface area contributed by atoms with Crippen molar-refractivity contribution in [1.29, 1.82) is 0 Å². The molecule has 4 heterocycles. The fourth-order valence-corrected chi connectivity index (χ4v) is 8.26. The zero-order valence-corrected chi connectivity index (χ0v) is 34.3. The predicted octanol–water partition coefficient (Wildman–Crippen LogP) is 6.97. The maximum absolute atomic E-state index is 15.6. The summed E-state index contributed by atoms with van der Waals surface area (Å²) in [4.78, 5) is 70.1. The van der Waals surface area contributed by atoms with Crippen LogP contribution in [0.1, 0.15) is 81.7 Å². The number of anilines is 2. The molecule has 3 fully saturated rings. The van der Waals surface area contributed by atoms with Crippen molar-refractivity contribution >= 4 is 35.3 Å². The number of amides is 4. The second-order valence-electron chi connectivity index (χ2n) is 16.9. The van der Waals surface area contributed by atoms with Crippen molar-refractivity contribution in [3.8, 4) is 22.4 Å². The second-order valence-corrected chi connectivity index (χ2v) is 16.9. The maximum atomic E-state index is 15.6. The maximum Gasteiger partial charge on any atom is 0.407 e. The van der Waals surface area contributed by atoms with Crippen molar-refractivity contribution in [3.05, 3.63) is 83.7 Å². The van der Waals surface area contributed by atoms with Crippen molar-refractivity contribution in [2.24, 2.45) is 17.3 Å². The van der Waals surface area contributed by atoms with Gasteiger partial charge in [0.15, 0.2) is 0 Å².